The summed E-state index contributed by atoms with van der Waals surface area (Å²) >= 11 is 0. The fourth-order valence-electron chi connectivity index (χ4n) is 5.92. The number of likely N-dealkylation sites (N-methyl/N-ethyl adjacent to an activating group) is 1. The van der Waals surface area contributed by atoms with Crippen molar-refractivity contribution >= 4 is 22.3 Å². The van der Waals surface area contributed by atoms with Crippen LogP contribution in [-0.2, 0) is 6.42 Å². The zero-order valence-corrected chi connectivity index (χ0v) is 17.2. The average molecular weight is 388 g/mol. The standard InChI is InChI=1S/C25H29N3O/c1-26-14-15-28-22-10-13-27(17-21(22)20-8-3-9-23(26)24(20)28)12-4-7-18-5-2-6-19-11-16-29-25(18)19/h2-3,5-6,8-9,11,16,21-22H,4,7,10,12-15,17H2,1H3/t21-,22-/m0/s1. The number of hydrogen-bond donors (Lipinski definition) is 0. The normalized spacial score (nSPS) is 23.5. The molecule has 0 saturated carbocycles. The summed E-state index contributed by atoms with van der Waals surface area (Å²) in [4.78, 5) is 7.86. The molecule has 3 aliphatic rings. The second-order valence-corrected chi connectivity index (χ2v) is 8.95. The van der Waals surface area contributed by atoms with Crippen LogP contribution in [0.5, 0.6) is 0 Å². The third-order valence-electron chi connectivity index (χ3n) is 7.36. The molecule has 4 heteroatoms. The second-order valence-electron chi connectivity index (χ2n) is 8.95. The predicted octanol–water partition coefficient (Wildman–Crippen LogP) is 4.49. The van der Waals surface area contributed by atoms with Crippen LogP contribution >= 0.6 is 0 Å². The van der Waals surface area contributed by atoms with Crippen molar-refractivity contribution in [2.75, 3.05) is 49.6 Å². The molecule has 1 aromatic heterocycles. The lowest BCUT2D eigenvalue weighted by Crippen LogP contribution is -2.49. The van der Waals surface area contributed by atoms with Crippen molar-refractivity contribution in [3.8, 4) is 0 Å². The summed E-state index contributed by atoms with van der Waals surface area (Å²) in [5, 5.41) is 1.22. The van der Waals surface area contributed by atoms with E-state index >= 15 is 0 Å². The summed E-state index contributed by atoms with van der Waals surface area (Å²) in [7, 11) is 2.24. The molecule has 0 bridgehead atoms. The van der Waals surface area contributed by atoms with Gasteiger partial charge in [-0.25, -0.2) is 0 Å². The minimum absolute atomic E-state index is 0.665. The van der Waals surface area contributed by atoms with Crippen LogP contribution in [0.3, 0.4) is 0 Å². The number of fused-ring (bicyclic) bond motifs is 4. The molecule has 0 spiro atoms. The first-order chi connectivity index (χ1) is 14.3. The van der Waals surface area contributed by atoms with Crippen molar-refractivity contribution < 1.29 is 4.42 Å². The van der Waals surface area contributed by atoms with Crippen molar-refractivity contribution in [3.63, 3.8) is 0 Å². The molecule has 3 aliphatic heterocycles. The quantitative estimate of drug-likeness (QED) is 0.658. The lowest BCUT2D eigenvalue weighted by molar-refractivity contribution is 0.191. The average Bonchev–Trinajstić information content (AvgIpc) is 3.35. The number of para-hydroxylation sites is 2. The minimum atomic E-state index is 0.665. The second kappa shape index (κ2) is 6.81. The van der Waals surface area contributed by atoms with Gasteiger partial charge >= 0.3 is 0 Å². The Labute approximate surface area is 172 Å². The van der Waals surface area contributed by atoms with E-state index in [1.807, 2.05) is 0 Å². The summed E-state index contributed by atoms with van der Waals surface area (Å²) in [6, 6.07) is 16.2. The third kappa shape index (κ3) is 2.77. The van der Waals surface area contributed by atoms with Crippen LogP contribution in [0.1, 0.15) is 29.9 Å². The summed E-state index contributed by atoms with van der Waals surface area (Å²) < 4.78 is 5.71. The molecule has 29 heavy (non-hydrogen) atoms. The van der Waals surface area contributed by atoms with Crippen molar-refractivity contribution in [1.82, 2.24) is 4.90 Å². The Morgan fingerprint density at radius 1 is 1.03 bits per heavy atom. The number of furan rings is 1. The lowest BCUT2D eigenvalue weighted by atomic mass is 9.89. The summed E-state index contributed by atoms with van der Waals surface area (Å²) in [5.41, 5.74) is 6.97. The zero-order valence-electron chi connectivity index (χ0n) is 17.2. The largest absolute Gasteiger partial charge is 0.464 e. The first-order valence-electron chi connectivity index (χ1n) is 11.1. The van der Waals surface area contributed by atoms with Crippen LogP contribution in [0, 0.1) is 0 Å². The first kappa shape index (κ1) is 17.4. The Kier molecular flexibility index (Phi) is 4.08. The molecule has 2 atom stereocenters. The van der Waals surface area contributed by atoms with Crippen LogP contribution in [0.2, 0.25) is 0 Å². The van der Waals surface area contributed by atoms with Gasteiger partial charge in [0.15, 0.2) is 0 Å². The fraction of sp³-hybridized carbons (Fsp3) is 0.440. The van der Waals surface area contributed by atoms with E-state index in [2.05, 4.69) is 64.2 Å². The first-order valence-corrected chi connectivity index (χ1v) is 11.1. The number of anilines is 2. The van der Waals surface area contributed by atoms with E-state index in [9.17, 15) is 0 Å². The van der Waals surface area contributed by atoms with Gasteiger partial charge in [0.25, 0.3) is 0 Å². The Hall–Kier alpha value is -2.46. The highest BCUT2D eigenvalue weighted by Crippen LogP contribution is 2.50. The Balaban J connectivity index is 1.16. The number of benzene rings is 2. The maximum absolute atomic E-state index is 5.71. The van der Waals surface area contributed by atoms with Gasteiger partial charge in [0.2, 0.25) is 0 Å². The highest BCUT2D eigenvalue weighted by Gasteiger charge is 2.44. The number of aryl methyl sites for hydroxylation is 1. The van der Waals surface area contributed by atoms with Gasteiger partial charge in [-0.2, -0.15) is 0 Å². The number of hydrogen-bond acceptors (Lipinski definition) is 4. The molecule has 1 fully saturated rings. The molecule has 150 valence electrons. The van der Waals surface area contributed by atoms with E-state index in [4.69, 9.17) is 4.42 Å². The van der Waals surface area contributed by atoms with Gasteiger partial charge in [0.1, 0.15) is 5.58 Å². The van der Waals surface area contributed by atoms with E-state index in [-0.39, 0.29) is 0 Å². The summed E-state index contributed by atoms with van der Waals surface area (Å²) in [6.07, 6.45) is 5.38. The molecule has 2 aromatic carbocycles. The highest BCUT2D eigenvalue weighted by molar-refractivity contribution is 5.81. The zero-order chi connectivity index (χ0) is 19.4. The van der Waals surface area contributed by atoms with E-state index < -0.39 is 0 Å². The molecule has 4 nitrogen and oxygen atoms in total. The van der Waals surface area contributed by atoms with Crippen molar-refractivity contribution in [1.29, 1.82) is 0 Å². The van der Waals surface area contributed by atoms with Crippen molar-refractivity contribution in [2.45, 2.75) is 31.2 Å². The number of rotatable bonds is 4. The van der Waals surface area contributed by atoms with Gasteiger partial charge in [0.05, 0.1) is 17.6 Å². The van der Waals surface area contributed by atoms with Crippen LogP contribution in [0.15, 0.2) is 53.1 Å². The summed E-state index contributed by atoms with van der Waals surface area (Å²) in [5.74, 6) is 0.665. The van der Waals surface area contributed by atoms with Gasteiger partial charge < -0.3 is 19.1 Å². The maximum Gasteiger partial charge on any atom is 0.137 e. The SMILES string of the molecule is CN1CCN2c3c(cccc31)[C@@H]1CN(CCCc3cccc4ccoc34)CC[C@@H]12. The lowest BCUT2D eigenvalue weighted by Gasteiger charge is -2.41. The molecular weight excluding hydrogens is 358 g/mol. The fourth-order valence-corrected chi connectivity index (χ4v) is 5.92. The molecule has 0 unspecified atom stereocenters. The maximum atomic E-state index is 5.71. The van der Waals surface area contributed by atoms with Crippen LogP contribution in [0.4, 0.5) is 11.4 Å². The Bertz CT molecular complexity index is 1040. The van der Waals surface area contributed by atoms with Crippen molar-refractivity contribution in [3.05, 3.63) is 59.9 Å². The molecule has 0 amide bonds. The molecular formula is C25H29N3O. The Morgan fingerprint density at radius 3 is 2.93 bits per heavy atom. The molecule has 6 rings (SSSR count). The molecule has 4 heterocycles. The molecule has 3 aromatic rings. The van der Waals surface area contributed by atoms with E-state index in [0.29, 0.717) is 12.0 Å². The van der Waals surface area contributed by atoms with Gasteiger partial charge in [-0.3, -0.25) is 0 Å². The van der Waals surface area contributed by atoms with E-state index in [1.54, 1.807) is 11.8 Å². The molecule has 0 N–H and O–H groups in total. The smallest absolute Gasteiger partial charge is 0.137 e. The topological polar surface area (TPSA) is 22.9 Å². The van der Waals surface area contributed by atoms with Gasteiger partial charge in [-0.05, 0) is 49.1 Å². The molecule has 0 aliphatic carbocycles. The predicted molar refractivity (Wildman–Crippen MR) is 119 cm³/mol. The van der Waals surface area contributed by atoms with Crippen LogP contribution in [-0.4, -0.2) is 50.7 Å². The van der Waals surface area contributed by atoms with E-state index in [1.165, 1.54) is 61.3 Å². The number of likely N-dealkylation sites (tertiary alicyclic amines) is 1. The minimum Gasteiger partial charge on any atom is -0.464 e. The van der Waals surface area contributed by atoms with Gasteiger partial charge in [-0.1, -0.05) is 30.3 Å². The third-order valence-corrected chi connectivity index (χ3v) is 7.36. The van der Waals surface area contributed by atoms with Gasteiger partial charge in [-0.15, -0.1) is 0 Å². The van der Waals surface area contributed by atoms with E-state index in [0.717, 1.165) is 18.5 Å². The number of nitrogens with zero attached hydrogens (tertiary/aromatic N) is 3. The summed E-state index contributed by atoms with van der Waals surface area (Å²) in [6.45, 7) is 5.92. The number of piperidine rings is 1. The van der Waals surface area contributed by atoms with Gasteiger partial charge in [0, 0.05) is 50.6 Å². The molecule has 1 saturated heterocycles. The monoisotopic (exact) mass is 387 g/mol. The highest BCUT2D eigenvalue weighted by atomic mass is 16.3. The van der Waals surface area contributed by atoms with Crippen LogP contribution in [0.25, 0.3) is 11.0 Å². The Morgan fingerprint density at radius 2 is 1.97 bits per heavy atom. The molecule has 0 radical (unpaired) electrons. The van der Waals surface area contributed by atoms with Crippen LogP contribution < -0.4 is 9.80 Å². The van der Waals surface area contributed by atoms with Crippen molar-refractivity contribution in [2.24, 2.45) is 0 Å².